The Balaban J connectivity index is 2.17. The molecule has 2 aromatic heterocycles. The summed E-state index contributed by atoms with van der Waals surface area (Å²) in [6.07, 6.45) is 5.74. The van der Waals surface area contributed by atoms with Crippen LogP contribution in [0, 0.1) is 0 Å². The van der Waals surface area contributed by atoms with Gasteiger partial charge >= 0.3 is 0 Å². The van der Waals surface area contributed by atoms with Gasteiger partial charge in [0.15, 0.2) is 4.34 Å². The van der Waals surface area contributed by atoms with E-state index in [0.29, 0.717) is 0 Å². The zero-order chi connectivity index (χ0) is 13.1. The molecule has 0 saturated carbocycles. The van der Waals surface area contributed by atoms with Crippen LogP contribution < -0.4 is 0 Å². The lowest BCUT2D eigenvalue weighted by atomic mass is 10.1. The summed E-state index contributed by atoms with van der Waals surface area (Å²) < 4.78 is 1.08. The summed E-state index contributed by atoms with van der Waals surface area (Å²) in [6.45, 7) is 0. The number of pyridine rings is 1. The number of hydrogen-bond acceptors (Lipinski definition) is 4. The Labute approximate surface area is 120 Å². The average molecular weight is 284 g/mol. The van der Waals surface area contributed by atoms with Crippen molar-refractivity contribution in [2.24, 2.45) is 0 Å². The maximum Gasteiger partial charge on any atom is 0.150 e. The fourth-order valence-electron chi connectivity index (χ4n) is 1.87. The molecule has 4 heteroatoms. The molecule has 2 heterocycles. The largest absolute Gasteiger partial charge is 0.264 e. The molecule has 0 amide bonds. The number of nitrogens with zero attached hydrogens (tertiary/aromatic N) is 2. The van der Waals surface area contributed by atoms with E-state index in [-0.39, 0.29) is 0 Å². The second-order valence-corrected chi connectivity index (χ2v) is 6.02. The van der Waals surface area contributed by atoms with E-state index in [1.165, 1.54) is 4.88 Å². The molecule has 1 aromatic carbocycles. The smallest absolute Gasteiger partial charge is 0.150 e. The molecule has 0 aliphatic heterocycles. The van der Waals surface area contributed by atoms with Gasteiger partial charge in [0.05, 0.1) is 10.6 Å². The van der Waals surface area contributed by atoms with Gasteiger partial charge in [0, 0.05) is 23.5 Å². The average Bonchev–Trinajstić information content (AvgIpc) is 2.93. The van der Waals surface area contributed by atoms with Crippen LogP contribution in [-0.4, -0.2) is 16.2 Å². The van der Waals surface area contributed by atoms with Gasteiger partial charge in [-0.1, -0.05) is 48.2 Å². The van der Waals surface area contributed by atoms with Crippen LogP contribution in [0.15, 0.2) is 59.2 Å². The van der Waals surface area contributed by atoms with E-state index in [1.54, 1.807) is 29.3 Å². The van der Waals surface area contributed by atoms with Crippen molar-refractivity contribution in [2.45, 2.75) is 4.34 Å². The van der Waals surface area contributed by atoms with Crippen molar-refractivity contribution in [3.8, 4) is 21.7 Å². The van der Waals surface area contributed by atoms with Gasteiger partial charge in [0.1, 0.15) is 0 Å². The maximum atomic E-state index is 4.73. The van der Waals surface area contributed by atoms with Gasteiger partial charge in [-0.2, -0.15) is 0 Å². The lowest BCUT2D eigenvalue weighted by Crippen LogP contribution is -1.82. The Kier molecular flexibility index (Phi) is 3.62. The summed E-state index contributed by atoms with van der Waals surface area (Å²) >= 11 is 3.40. The lowest BCUT2D eigenvalue weighted by Gasteiger charge is -2.01. The van der Waals surface area contributed by atoms with Gasteiger partial charge in [-0.3, -0.25) is 4.98 Å². The van der Waals surface area contributed by atoms with Crippen LogP contribution >= 0.6 is 23.1 Å². The quantitative estimate of drug-likeness (QED) is 0.658. The zero-order valence-corrected chi connectivity index (χ0v) is 12.0. The molecule has 94 valence electrons. The molecular formula is C15H12N2S2. The minimum absolute atomic E-state index is 1.04. The Morgan fingerprint density at radius 3 is 2.47 bits per heavy atom. The van der Waals surface area contributed by atoms with E-state index in [2.05, 4.69) is 29.4 Å². The Morgan fingerprint density at radius 1 is 1.00 bits per heavy atom. The van der Waals surface area contributed by atoms with Crippen LogP contribution in [0.25, 0.3) is 21.7 Å². The third-order valence-corrected chi connectivity index (χ3v) is 4.84. The Hall–Kier alpha value is -1.65. The highest BCUT2D eigenvalue weighted by Crippen LogP contribution is 2.39. The van der Waals surface area contributed by atoms with E-state index < -0.39 is 0 Å². The first-order valence-corrected chi connectivity index (χ1v) is 7.93. The van der Waals surface area contributed by atoms with Crippen LogP contribution in [0.5, 0.6) is 0 Å². The molecule has 19 heavy (non-hydrogen) atoms. The molecule has 0 N–H and O–H groups in total. The normalized spacial score (nSPS) is 10.6. The Morgan fingerprint density at radius 2 is 1.79 bits per heavy atom. The van der Waals surface area contributed by atoms with Crippen molar-refractivity contribution >= 4 is 23.1 Å². The molecule has 0 saturated heterocycles. The monoisotopic (exact) mass is 284 g/mol. The summed E-state index contributed by atoms with van der Waals surface area (Å²) in [7, 11) is 0. The van der Waals surface area contributed by atoms with Crippen molar-refractivity contribution in [3.05, 3.63) is 54.9 Å². The van der Waals surface area contributed by atoms with E-state index in [9.17, 15) is 0 Å². The fourth-order valence-corrected chi connectivity index (χ4v) is 3.45. The van der Waals surface area contributed by atoms with Gasteiger partial charge < -0.3 is 0 Å². The minimum Gasteiger partial charge on any atom is -0.264 e. The molecule has 3 aromatic rings. The molecule has 0 fully saturated rings. The number of aromatic nitrogens is 2. The Bertz CT molecular complexity index is 606. The van der Waals surface area contributed by atoms with Crippen molar-refractivity contribution in [2.75, 3.05) is 6.26 Å². The maximum absolute atomic E-state index is 4.73. The SMILES string of the molecule is CSc1nc(-c2ccccc2)c(-c2cccnc2)s1. The predicted octanol–water partition coefficient (Wildman–Crippen LogP) is 4.59. The third kappa shape index (κ3) is 2.55. The number of rotatable bonds is 3. The van der Waals surface area contributed by atoms with Gasteiger partial charge in [0.2, 0.25) is 0 Å². The van der Waals surface area contributed by atoms with E-state index in [1.807, 2.05) is 30.5 Å². The van der Waals surface area contributed by atoms with E-state index in [4.69, 9.17) is 4.98 Å². The van der Waals surface area contributed by atoms with Crippen LogP contribution in [-0.2, 0) is 0 Å². The van der Waals surface area contributed by atoms with Gasteiger partial charge in [-0.25, -0.2) is 4.98 Å². The number of benzene rings is 1. The third-order valence-electron chi connectivity index (χ3n) is 2.75. The highest BCUT2D eigenvalue weighted by Gasteiger charge is 2.14. The molecule has 0 radical (unpaired) electrons. The molecule has 0 aliphatic rings. The number of hydrogen-bond donors (Lipinski definition) is 0. The second kappa shape index (κ2) is 5.55. The summed E-state index contributed by atoms with van der Waals surface area (Å²) in [6, 6.07) is 14.3. The predicted molar refractivity (Wildman–Crippen MR) is 82.6 cm³/mol. The van der Waals surface area contributed by atoms with Crippen molar-refractivity contribution in [3.63, 3.8) is 0 Å². The summed E-state index contributed by atoms with van der Waals surface area (Å²) in [4.78, 5) is 10.1. The van der Waals surface area contributed by atoms with Crippen molar-refractivity contribution < 1.29 is 0 Å². The molecule has 3 rings (SSSR count). The van der Waals surface area contributed by atoms with E-state index >= 15 is 0 Å². The highest BCUT2D eigenvalue weighted by molar-refractivity contribution is 8.00. The molecule has 0 atom stereocenters. The first-order valence-electron chi connectivity index (χ1n) is 5.89. The molecule has 2 nitrogen and oxygen atoms in total. The molecule has 0 unspecified atom stereocenters. The fraction of sp³-hybridized carbons (Fsp3) is 0.0667. The van der Waals surface area contributed by atoms with Gasteiger partial charge in [-0.15, -0.1) is 11.3 Å². The van der Waals surface area contributed by atoms with Gasteiger partial charge in [-0.05, 0) is 12.3 Å². The van der Waals surface area contributed by atoms with Crippen LogP contribution in [0.4, 0.5) is 0 Å². The molecule has 0 aliphatic carbocycles. The summed E-state index contributed by atoms with van der Waals surface area (Å²) in [5.74, 6) is 0. The summed E-state index contributed by atoms with van der Waals surface area (Å²) in [5.41, 5.74) is 3.32. The lowest BCUT2D eigenvalue weighted by molar-refractivity contribution is 1.25. The summed E-state index contributed by atoms with van der Waals surface area (Å²) in [5, 5.41) is 0. The molecule has 0 bridgehead atoms. The minimum atomic E-state index is 1.04. The first-order chi connectivity index (χ1) is 9.38. The van der Waals surface area contributed by atoms with Crippen LogP contribution in [0.3, 0.4) is 0 Å². The molecule has 0 spiro atoms. The van der Waals surface area contributed by atoms with E-state index in [0.717, 1.165) is 21.2 Å². The second-order valence-electron chi connectivity index (χ2n) is 3.97. The molecular weight excluding hydrogens is 272 g/mol. The standard InChI is InChI=1S/C15H12N2S2/c1-18-15-17-13(11-6-3-2-4-7-11)14(19-15)12-8-5-9-16-10-12/h2-10H,1H3. The number of thiazole rings is 1. The van der Waals surface area contributed by atoms with Crippen LogP contribution in [0.2, 0.25) is 0 Å². The van der Waals surface area contributed by atoms with Crippen molar-refractivity contribution in [1.82, 2.24) is 9.97 Å². The topological polar surface area (TPSA) is 25.8 Å². The van der Waals surface area contributed by atoms with Crippen molar-refractivity contribution in [1.29, 1.82) is 0 Å². The zero-order valence-electron chi connectivity index (χ0n) is 10.4. The first kappa shape index (κ1) is 12.4. The van der Waals surface area contributed by atoms with Crippen LogP contribution in [0.1, 0.15) is 0 Å². The number of thioether (sulfide) groups is 1. The van der Waals surface area contributed by atoms with Gasteiger partial charge in [0.25, 0.3) is 0 Å². The highest BCUT2D eigenvalue weighted by atomic mass is 32.2.